The number of benzene rings is 2. The number of nitrogens with one attached hydrogen (secondary N) is 4. The average molecular weight is 891 g/mol. The van der Waals surface area contributed by atoms with Crippen LogP contribution in [0.4, 0.5) is 9.59 Å². The van der Waals surface area contributed by atoms with Crippen molar-refractivity contribution in [3.63, 3.8) is 0 Å². The van der Waals surface area contributed by atoms with E-state index in [0.29, 0.717) is 13.1 Å². The van der Waals surface area contributed by atoms with Crippen molar-refractivity contribution in [2.45, 2.75) is 85.0 Å². The maximum atomic E-state index is 13.5. The molecule has 18 heteroatoms. The van der Waals surface area contributed by atoms with Crippen molar-refractivity contribution in [2.24, 2.45) is 11.8 Å². The van der Waals surface area contributed by atoms with Gasteiger partial charge in [-0.2, -0.15) is 54.0 Å². The van der Waals surface area contributed by atoms with Gasteiger partial charge in [0.25, 0.3) is 0 Å². The number of fused-ring (bicyclic) bond motifs is 1. The molecule has 4 N–H and O–H groups in total. The summed E-state index contributed by atoms with van der Waals surface area (Å²) in [4.78, 5) is 70.9. The molecule has 0 unspecified atom stereocenters. The number of likely N-dealkylation sites (tertiary alicyclic amines) is 2. The molecule has 0 saturated carbocycles. The summed E-state index contributed by atoms with van der Waals surface area (Å²) in [6.45, 7) is 8.79. The van der Waals surface area contributed by atoms with Gasteiger partial charge < -0.3 is 39.9 Å². The Bertz CT molecular complexity index is 2020. The lowest BCUT2D eigenvalue weighted by atomic mass is 10.0. The first-order valence-electron chi connectivity index (χ1n) is 18.6. The minimum Gasteiger partial charge on any atom is -0.453 e. The summed E-state index contributed by atoms with van der Waals surface area (Å²) in [5.74, 6) is 0.968. The molecular weight excluding hydrogens is 829 g/mol. The molecule has 0 bridgehead atoms. The Morgan fingerprint density at radius 3 is 1.73 bits per heavy atom. The maximum absolute atomic E-state index is 13.5. The van der Waals surface area contributed by atoms with Crippen molar-refractivity contribution in [2.75, 3.05) is 27.3 Å². The van der Waals surface area contributed by atoms with E-state index >= 15 is 0 Å². The summed E-state index contributed by atoms with van der Waals surface area (Å²) in [5, 5.41) is 5.39. The fourth-order valence-corrected chi connectivity index (χ4v) is 7.31. The predicted octanol–water partition coefficient (Wildman–Crippen LogP) is 7.30. The fourth-order valence-electron chi connectivity index (χ4n) is 7.31. The maximum Gasteiger partial charge on any atom is 0.407 e. The predicted molar refractivity (Wildman–Crippen MR) is 253 cm³/mol. The average Bonchev–Trinajstić information content (AvgIpc) is 4.00. The molecule has 2 aliphatic rings. The van der Waals surface area contributed by atoms with Crippen molar-refractivity contribution in [3.05, 3.63) is 71.4 Å². The normalized spacial score (nSPS) is 16.9. The van der Waals surface area contributed by atoms with Crippen LogP contribution in [0.3, 0.4) is 0 Å². The summed E-state index contributed by atoms with van der Waals surface area (Å²) in [6, 6.07) is 12.4. The first kappa shape index (κ1) is 52.8. The van der Waals surface area contributed by atoms with Crippen LogP contribution in [0.5, 0.6) is 0 Å². The molecule has 14 nitrogen and oxygen atoms in total. The van der Waals surface area contributed by atoms with Gasteiger partial charge in [0, 0.05) is 13.1 Å². The van der Waals surface area contributed by atoms with Crippen molar-refractivity contribution in [1.82, 2.24) is 40.4 Å². The summed E-state index contributed by atoms with van der Waals surface area (Å²) in [6.07, 6.45) is 7.91. The van der Waals surface area contributed by atoms with Crippen LogP contribution in [0.15, 0.2) is 48.7 Å². The zero-order chi connectivity index (χ0) is 38.5. The molecule has 2 saturated heterocycles. The van der Waals surface area contributed by atoms with Crippen molar-refractivity contribution >= 4 is 101 Å². The molecule has 59 heavy (non-hydrogen) atoms. The van der Waals surface area contributed by atoms with Crippen LogP contribution in [-0.4, -0.2) is 93.1 Å². The van der Waals surface area contributed by atoms with E-state index in [1.165, 1.54) is 14.2 Å². The lowest BCUT2D eigenvalue weighted by molar-refractivity contribution is -0.136. The third-order valence-electron chi connectivity index (χ3n) is 10.3. The van der Waals surface area contributed by atoms with Gasteiger partial charge in [0.15, 0.2) is 0 Å². The monoisotopic (exact) mass is 890 g/mol. The topological polar surface area (TPSA) is 175 Å². The number of hydrogen-bond donors (Lipinski definition) is 4. The van der Waals surface area contributed by atoms with E-state index in [4.69, 9.17) is 14.5 Å². The Balaban J connectivity index is 0.00000348. The minimum atomic E-state index is -0.688. The molecular formula is C41H62N8O6S4. The molecule has 326 valence electrons. The van der Waals surface area contributed by atoms with Crippen LogP contribution in [0.1, 0.15) is 95.7 Å². The van der Waals surface area contributed by atoms with Crippen molar-refractivity contribution in [1.29, 1.82) is 0 Å². The highest BCUT2D eigenvalue weighted by atomic mass is 32.1. The molecule has 2 fully saturated rings. The molecule has 4 heterocycles. The van der Waals surface area contributed by atoms with E-state index in [1.54, 1.807) is 11.1 Å². The second-order valence-electron chi connectivity index (χ2n) is 14.6. The third-order valence-corrected chi connectivity index (χ3v) is 10.3. The van der Waals surface area contributed by atoms with Gasteiger partial charge in [0.1, 0.15) is 23.7 Å². The quantitative estimate of drug-likeness (QED) is 0.114. The summed E-state index contributed by atoms with van der Waals surface area (Å²) < 4.78 is 9.50. The van der Waals surface area contributed by atoms with Crippen LogP contribution < -0.4 is 10.6 Å². The van der Waals surface area contributed by atoms with Gasteiger partial charge in [0.05, 0.1) is 49.2 Å². The molecule has 4 amide bonds. The van der Waals surface area contributed by atoms with Crippen LogP contribution >= 0.6 is 54.0 Å². The molecule has 0 radical (unpaired) electrons. The van der Waals surface area contributed by atoms with E-state index in [-0.39, 0.29) is 97.1 Å². The minimum absolute atomic E-state index is 0. The number of hydrogen-bond acceptors (Lipinski definition) is 8. The van der Waals surface area contributed by atoms with Gasteiger partial charge in [-0.3, -0.25) is 9.59 Å². The van der Waals surface area contributed by atoms with Crippen LogP contribution in [0, 0.1) is 11.8 Å². The number of nitrogens with zero attached hydrogens (tertiary/aromatic N) is 4. The van der Waals surface area contributed by atoms with Crippen LogP contribution in [0.25, 0.3) is 34.4 Å². The summed E-state index contributed by atoms with van der Waals surface area (Å²) in [7, 11) is 2.58. The number of amides is 4. The molecule has 2 aromatic heterocycles. The van der Waals surface area contributed by atoms with Gasteiger partial charge in [-0.1, -0.05) is 77.6 Å². The fraction of sp³-hybridized carbons (Fsp3) is 0.463. The molecule has 2 aliphatic heterocycles. The molecule has 4 atom stereocenters. The Labute approximate surface area is 375 Å². The number of carbonyl (C=O) groups is 4. The number of rotatable bonds is 11. The van der Waals surface area contributed by atoms with E-state index in [2.05, 4.69) is 25.6 Å². The van der Waals surface area contributed by atoms with Gasteiger partial charge in [-0.25, -0.2) is 19.6 Å². The molecule has 2 aromatic carbocycles. The van der Waals surface area contributed by atoms with Gasteiger partial charge >= 0.3 is 12.2 Å². The van der Waals surface area contributed by atoms with Crippen molar-refractivity contribution in [3.8, 4) is 11.3 Å². The number of methoxy groups -OCH3 is 2. The number of ether oxygens (including phenoxy) is 2. The SMILES string of the molecule is C.COC(=O)N[C@H](C(=O)N1CCC[C@H]1c1ncc(-c2ccc(/C=C/c3ccc4nc([C@@H]5CCCN5C(=O)[C@@H](NC(=O)OC)C(C)C)[nH]c4c3)cc2)[nH]1)C(C)C.S.S.S.S. The number of aromatic amines is 2. The summed E-state index contributed by atoms with van der Waals surface area (Å²) >= 11 is 0. The molecule has 0 aliphatic carbocycles. The zero-order valence-corrected chi connectivity index (χ0v) is 37.7. The van der Waals surface area contributed by atoms with E-state index in [9.17, 15) is 19.2 Å². The Kier molecular flexibility index (Phi) is 21.0. The van der Waals surface area contributed by atoms with Crippen LogP contribution in [0.2, 0.25) is 0 Å². The summed E-state index contributed by atoms with van der Waals surface area (Å²) in [5.41, 5.74) is 5.55. The number of aromatic nitrogens is 4. The van der Waals surface area contributed by atoms with Gasteiger partial charge in [-0.05, 0) is 66.3 Å². The second kappa shape index (κ2) is 23.5. The molecule has 6 rings (SSSR count). The van der Waals surface area contributed by atoms with Gasteiger partial charge in [-0.15, -0.1) is 0 Å². The van der Waals surface area contributed by atoms with E-state index in [1.807, 2.05) is 87.2 Å². The van der Waals surface area contributed by atoms with Gasteiger partial charge in [0.2, 0.25) is 11.8 Å². The van der Waals surface area contributed by atoms with E-state index < -0.39 is 24.3 Å². The largest absolute Gasteiger partial charge is 0.453 e. The van der Waals surface area contributed by atoms with Crippen molar-refractivity contribution < 1.29 is 28.7 Å². The zero-order valence-electron chi connectivity index (χ0n) is 33.7. The highest BCUT2D eigenvalue weighted by molar-refractivity contribution is 7.59. The van der Waals surface area contributed by atoms with E-state index in [0.717, 1.165) is 70.7 Å². The third kappa shape index (κ3) is 12.2. The molecule has 4 aromatic rings. The standard InChI is InChI=1S/C40H50N8O6.CH4.4H2S/c1-23(2)33(45-39(51)53-5)37(49)47-19-7-9-31(47)35-41-22-30(44-35)27-16-13-25(14-17-27)11-12-26-15-18-28-29(21-26)43-36(42-28)32-10-8-20-48(32)38(50)34(24(3)4)46-40(52)54-6;;;;;/h11-18,21-24,31-34H,7-10,19-20H2,1-6H3,(H,41,44)(H,42,43)(H,45,51)(H,46,52);1H4;4*1H2/b12-11+;;;;;/t31-,32-,33-,34-;;;;;/m0...../s1. The number of imidazole rings is 2. The second-order valence-corrected chi connectivity index (χ2v) is 14.6. The lowest BCUT2D eigenvalue weighted by Crippen LogP contribution is -2.51. The Hall–Kier alpha value is -4.26. The lowest BCUT2D eigenvalue weighted by Gasteiger charge is -2.30. The number of alkyl carbamates (subject to hydrolysis) is 2. The van der Waals surface area contributed by atoms with Crippen LogP contribution in [-0.2, 0) is 19.1 Å². The highest BCUT2D eigenvalue weighted by Gasteiger charge is 2.39. The Morgan fingerprint density at radius 1 is 0.729 bits per heavy atom. The Morgan fingerprint density at radius 2 is 1.22 bits per heavy atom. The highest BCUT2D eigenvalue weighted by Crippen LogP contribution is 2.34. The number of H-pyrrole nitrogens is 2. The smallest absolute Gasteiger partial charge is 0.407 e. The molecule has 0 spiro atoms. The number of carbonyl (C=O) groups excluding carboxylic acids is 4. The first-order valence-corrected chi connectivity index (χ1v) is 18.6. The first-order chi connectivity index (χ1) is 26.0.